The maximum absolute atomic E-state index is 10.0. The summed E-state index contributed by atoms with van der Waals surface area (Å²) in [5.74, 6) is 0.854. The topological polar surface area (TPSA) is 73.0 Å². The average molecular weight is 260 g/mol. The molecule has 3 heterocycles. The van der Waals surface area contributed by atoms with E-state index in [-0.39, 0.29) is 6.42 Å². The van der Waals surface area contributed by atoms with E-state index in [0.29, 0.717) is 13.1 Å². The zero-order valence-electron chi connectivity index (χ0n) is 9.92. The lowest BCUT2D eigenvalue weighted by molar-refractivity contribution is 0.0164. The van der Waals surface area contributed by atoms with Gasteiger partial charge in [0.05, 0.1) is 31.0 Å². The molecule has 0 aliphatic carbocycles. The first-order valence-electron chi connectivity index (χ1n) is 5.67. The van der Waals surface area contributed by atoms with Crippen molar-refractivity contribution in [2.75, 3.05) is 18.0 Å². The number of thiophene rings is 1. The van der Waals surface area contributed by atoms with Crippen LogP contribution in [0.5, 0.6) is 0 Å². The Labute approximate surface area is 108 Å². The Morgan fingerprint density at radius 1 is 1.56 bits per heavy atom. The maximum atomic E-state index is 10.0. The van der Waals surface area contributed by atoms with Gasteiger partial charge in [-0.1, -0.05) is 0 Å². The standard InChI is InChI=1S/C12H12N4OS/c1-8-4-9-10(14-7-15-11(9)18-8)16-5-12(17,6-16)2-3-13/h4,7,17H,2,5-6H2,1H3. The van der Waals surface area contributed by atoms with Crippen LogP contribution in [0.4, 0.5) is 5.82 Å². The Bertz CT molecular complexity index is 639. The predicted molar refractivity (Wildman–Crippen MR) is 69.5 cm³/mol. The van der Waals surface area contributed by atoms with Crippen molar-refractivity contribution in [1.29, 1.82) is 5.26 Å². The van der Waals surface area contributed by atoms with Gasteiger partial charge < -0.3 is 10.0 Å². The van der Waals surface area contributed by atoms with Crippen molar-refractivity contribution in [3.8, 4) is 6.07 Å². The molecule has 0 saturated carbocycles. The molecule has 18 heavy (non-hydrogen) atoms. The van der Waals surface area contributed by atoms with Gasteiger partial charge in [-0.15, -0.1) is 11.3 Å². The fourth-order valence-corrected chi connectivity index (χ4v) is 3.13. The summed E-state index contributed by atoms with van der Waals surface area (Å²) < 4.78 is 0. The molecule has 0 atom stereocenters. The monoisotopic (exact) mass is 260 g/mol. The molecule has 0 radical (unpaired) electrons. The molecule has 6 heteroatoms. The molecule has 0 bridgehead atoms. The largest absolute Gasteiger partial charge is 0.385 e. The Morgan fingerprint density at radius 2 is 2.33 bits per heavy atom. The number of β-amino-alcohol motifs (C(OH)–C–C–N with tert-alkyl or cyclic N) is 1. The number of aromatic nitrogens is 2. The Kier molecular flexibility index (Phi) is 2.47. The number of hydrogen-bond acceptors (Lipinski definition) is 6. The van der Waals surface area contributed by atoms with Crippen molar-refractivity contribution in [3.05, 3.63) is 17.3 Å². The van der Waals surface area contributed by atoms with Gasteiger partial charge >= 0.3 is 0 Å². The normalized spacial score (nSPS) is 17.5. The molecule has 1 aliphatic heterocycles. The van der Waals surface area contributed by atoms with Crippen molar-refractivity contribution in [1.82, 2.24) is 9.97 Å². The second kappa shape index (κ2) is 3.90. The molecule has 1 fully saturated rings. The molecule has 3 rings (SSSR count). The Morgan fingerprint density at radius 3 is 3.06 bits per heavy atom. The highest BCUT2D eigenvalue weighted by molar-refractivity contribution is 7.18. The van der Waals surface area contributed by atoms with Crippen LogP contribution >= 0.6 is 11.3 Å². The van der Waals surface area contributed by atoms with Crippen LogP contribution < -0.4 is 4.90 Å². The van der Waals surface area contributed by atoms with E-state index in [9.17, 15) is 5.11 Å². The smallest absolute Gasteiger partial charge is 0.140 e. The lowest BCUT2D eigenvalue weighted by atomic mass is 9.91. The van der Waals surface area contributed by atoms with Crippen LogP contribution in [0.25, 0.3) is 10.2 Å². The second-order valence-electron chi connectivity index (χ2n) is 4.69. The molecule has 0 spiro atoms. The number of rotatable bonds is 2. The van der Waals surface area contributed by atoms with Crippen molar-refractivity contribution in [2.45, 2.75) is 18.9 Å². The van der Waals surface area contributed by atoms with Crippen molar-refractivity contribution in [2.24, 2.45) is 0 Å². The SMILES string of the molecule is Cc1cc2c(N3CC(O)(CC#N)C3)ncnc2s1. The van der Waals surface area contributed by atoms with Gasteiger partial charge in [-0.2, -0.15) is 5.26 Å². The van der Waals surface area contributed by atoms with Crippen LogP contribution in [0.15, 0.2) is 12.4 Å². The minimum atomic E-state index is -0.878. The lowest BCUT2D eigenvalue weighted by Gasteiger charge is -2.46. The van der Waals surface area contributed by atoms with Gasteiger partial charge in [0.15, 0.2) is 0 Å². The fraction of sp³-hybridized carbons (Fsp3) is 0.417. The molecular weight excluding hydrogens is 248 g/mol. The van der Waals surface area contributed by atoms with Crippen molar-refractivity contribution < 1.29 is 5.11 Å². The van der Waals surface area contributed by atoms with Gasteiger partial charge in [0.1, 0.15) is 22.6 Å². The van der Waals surface area contributed by atoms with Crippen LogP contribution in [0.1, 0.15) is 11.3 Å². The summed E-state index contributed by atoms with van der Waals surface area (Å²) in [5.41, 5.74) is -0.878. The summed E-state index contributed by atoms with van der Waals surface area (Å²) in [7, 11) is 0. The molecule has 1 saturated heterocycles. The summed E-state index contributed by atoms with van der Waals surface area (Å²) >= 11 is 1.64. The zero-order valence-corrected chi connectivity index (χ0v) is 10.7. The molecule has 1 aliphatic rings. The molecule has 5 nitrogen and oxygen atoms in total. The van der Waals surface area contributed by atoms with E-state index in [4.69, 9.17) is 5.26 Å². The van der Waals surface area contributed by atoms with Crippen LogP contribution in [0.2, 0.25) is 0 Å². The number of aryl methyl sites for hydroxylation is 1. The van der Waals surface area contributed by atoms with Gasteiger partial charge in [0.2, 0.25) is 0 Å². The molecule has 2 aromatic rings. The Balaban J connectivity index is 1.91. The van der Waals surface area contributed by atoms with Gasteiger partial charge in [0.25, 0.3) is 0 Å². The zero-order chi connectivity index (χ0) is 12.8. The van der Waals surface area contributed by atoms with Gasteiger partial charge in [-0.05, 0) is 13.0 Å². The summed E-state index contributed by atoms with van der Waals surface area (Å²) in [6.45, 7) is 2.96. The summed E-state index contributed by atoms with van der Waals surface area (Å²) in [6, 6.07) is 4.08. The minimum absolute atomic E-state index is 0.167. The number of nitrogens with zero attached hydrogens (tertiary/aromatic N) is 4. The Hall–Kier alpha value is -1.71. The molecule has 92 valence electrons. The highest BCUT2D eigenvalue weighted by Gasteiger charge is 2.42. The summed E-state index contributed by atoms with van der Waals surface area (Å²) in [4.78, 5) is 12.7. The second-order valence-corrected chi connectivity index (χ2v) is 5.92. The first-order chi connectivity index (χ1) is 8.61. The summed E-state index contributed by atoms with van der Waals surface area (Å²) in [5, 5.41) is 19.7. The van der Waals surface area contributed by atoms with Crippen LogP contribution in [-0.4, -0.2) is 33.8 Å². The van der Waals surface area contributed by atoms with E-state index in [2.05, 4.69) is 16.0 Å². The third kappa shape index (κ3) is 1.72. The van der Waals surface area contributed by atoms with Crippen LogP contribution in [0, 0.1) is 18.3 Å². The van der Waals surface area contributed by atoms with Gasteiger partial charge in [-0.25, -0.2) is 9.97 Å². The third-order valence-corrected chi connectivity index (χ3v) is 4.07. The quantitative estimate of drug-likeness (QED) is 0.885. The van der Waals surface area contributed by atoms with E-state index in [1.807, 2.05) is 17.9 Å². The van der Waals surface area contributed by atoms with Crippen molar-refractivity contribution in [3.63, 3.8) is 0 Å². The number of aliphatic hydroxyl groups is 1. The van der Waals surface area contributed by atoms with Gasteiger partial charge in [-0.3, -0.25) is 0 Å². The number of fused-ring (bicyclic) bond motifs is 1. The number of nitriles is 1. The van der Waals surface area contributed by atoms with Crippen LogP contribution in [0.3, 0.4) is 0 Å². The van der Waals surface area contributed by atoms with E-state index in [1.165, 1.54) is 4.88 Å². The molecule has 0 unspecified atom stereocenters. The highest BCUT2D eigenvalue weighted by atomic mass is 32.1. The van der Waals surface area contributed by atoms with Crippen molar-refractivity contribution >= 4 is 27.4 Å². The average Bonchev–Trinajstić information content (AvgIpc) is 2.66. The van der Waals surface area contributed by atoms with Gasteiger partial charge in [0, 0.05) is 4.88 Å². The van der Waals surface area contributed by atoms with E-state index in [0.717, 1.165) is 16.0 Å². The van der Waals surface area contributed by atoms with E-state index < -0.39 is 5.60 Å². The summed E-state index contributed by atoms with van der Waals surface area (Å²) in [6.07, 6.45) is 1.72. The molecular formula is C12H12N4OS. The number of anilines is 1. The third-order valence-electron chi connectivity index (χ3n) is 3.11. The molecule has 1 N–H and O–H groups in total. The first-order valence-corrected chi connectivity index (χ1v) is 6.48. The fourth-order valence-electron chi connectivity index (χ4n) is 2.29. The predicted octanol–water partition coefficient (Wildman–Crippen LogP) is 1.46. The van der Waals surface area contributed by atoms with Crippen LogP contribution in [-0.2, 0) is 0 Å². The van der Waals surface area contributed by atoms with E-state index in [1.54, 1.807) is 17.7 Å². The molecule has 0 amide bonds. The highest BCUT2D eigenvalue weighted by Crippen LogP contribution is 2.35. The first kappa shape index (κ1) is 11.4. The molecule has 2 aromatic heterocycles. The molecule has 0 aromatic carbocycles. The number of hydrogen-bond donors (Lipinski definition) is 1. The minimum Gasteiger partial charge on any atom is -0.385 e. The lowest BCUT2D eigenvalue weighted by Crippen LogP contribution is -2.62. The maximum Gasteiger partial charge on any atom is 0.140 e. The van der Waals surface area contributed by atoms with E-state index >= 15 is 0 Å².